The first-order valence-electron chi connectivity index (χ1n) is 3.53. The van der Waals surface area contributed by atoms with Crippen LogP contribution in [-0.2, 0) is 0 Å². The second-order valence-electron chi connectivity index (χ2n) is 2.57. The second-order valence-corrected chi connectivity index (χ2v) is 2.97. The molecule has 2 rings (SSSR count). The number of fused-ring (bicyclic) bond motifs is 1. The second kappa shape index (κ2) is 2.74. The zero-order chi connectivity index (χ0) is 9.42. The lowest BCUT2D eigenvalue weighted by atomic mass is 10.3. The molecule has 4 nitrogen and oxygen atoms in total. The van der Waals surface area contributed by atoms with E-state index in [4.69, 9.17) is 16.7 Å². The number of halogens is 1. The molecule has 0 aliphatic heterocycles. The van der Waals surface area contributed by atoms with E-state index in [0.717, 1.165) is 5.52 Å². The molecule has 66 valence electrons. The van der Waals surface area contributed by atoms with Crippen molar-refractivity contribution in [3.8, 4) is 0 Å². The van der Waals surface area contributed by atoms with Crippen molar-refractivity contribution in [1.82, 2.24) is 9.38 Å². The van der Waals surface area contributed by atoms with E-state index in [1.165, 1.54) is 12.5 Å². The van der Waals surface area contributed by atoms with E-state index in [1.807, 2.05) is 0 Å². The molecule has 2 aromatic rings. The molecule has 0 aliphatic carbocycles. The Balaban J connectivity index is 2.76. The molecule has 0 atom stereocenters. The van der Waals surface area contributed by atoms with Gasteiger partial charge in [0.15, 0.2) is 0 Å². The zero-order valence-corrected chi connectivity index (χ0v) is 7.19. The average molecular weight is 197 g/mol. The number of carboxylic acid groups (broad SMARTS) is 1. The van der Waals surface area contributed by atoms with E-state index < -0.39 is 5.97 Å². The summed E-state index contributed by atoms with van der Waals surface area (Å²) in [5.74, 6) is -1.04. The summed E-state index contributed by atoms with van der Waals surface area (Å²) in [4.78, 5) is 14.5. The summed E-state index contributed by atoms with van der Waals surface area (Å²) in [6.45, 7) is 0. The van der Waals surface area contributed by atoms with Crippen molar-refractivity contribution < 1.29 is 9.90 Å². The zero-order valence-electron chi connectivity index (χ0n) is 6.44. The van der Waals surface area contributed by atoms with Gasteiger partial charge in [-0.25, -0.2) is 9.78 Å². The van der Waals surface area contributed by atoms with Crippen molar-refractivity contribution in [3.05, 3.63) is 35.4 Å². The SMILES string of the molecule is O=C(O)c1cn2cncc2cc1Cl. The van der Waals surface area contributed by atoms with Crippen LogP contribution in [0.1, 0.15) is 10.4 Å². The van der Waals surface area contributed by atoms with Crippen molar-refractivity contribution in [2.75, 3.05) is 0 Å². The number of rotatable bonds is 1. The third kappa shape index (κ3) is 1.25. The third-order valence-electron chi connectivity index (χ3n) is 1.73. The van der Waals surface area contributed by atoms with Gasteiger partial charge < -0.3 is 9.51 Å². The fourth-order valence-corrected chi connectivity index (χ4v) is 1.34. The summed E-state index contributed by atoms with van der Waals surface area (Å²) in [5, 5.41) is 8.97. The normalized spacial score (nSPS) is 10.5. The number of aromatic nitrogens is 2. The summed E-state index contributed by atoms with van der Waals surface area (Å²) in [5.41, 5.74) is 0.849. The maximum Gasteiger partial charge on any atom is 0.338 e. The minimum absolute atomic E-state index is 0.0761. The Morgan fingerprint density at radius 1 is 1.62 bits per heavy atom. The maximum atomic E-state index is 10.7. The van der Waals surface area contributed by atoms with Crippen LogP contribution in [0.2, 0.25) is 5.02 Å². The number of carbonyl (C=O) groups is 1. The molecular weight excluding hydrogens is 192 g/mol. The van der Waals surface area contributed by atoms with Gasteiger partial charge in [-0.2, -0.15) is 0 Å². The highest BCUT2D eigenvalue weighted by Crippen LogP contribution is 2.18. The van der Waals surface area contributed by atoms with Crippen LogP contribution in [0.25, 0.3) is 5.52 Å². The summed E-state index contributed by atoms with van der Waals surface area (Å²) in [6.07, 6.45) is 4.57. The lowest BCUT2D eigenvalue weighted by molar-refractivity contribution is 0.0696. The minimum atomic E-state index is -1.04. The molecule has 0 bridgehead atoms. The van der Waals surface area contributed by atoms with Crippen LogP contribution in [0.3, 0.4) is 0 Å². The fraction of sp³-hybridized carbons (Fsp3) is 0. The molecule has 0 amide bonds. The molecule has 0 aliphatic rings. The smallest absolute Gasteiger partial charge is 0.338 e. The topological polar surface area (TPSA) is 54.6 Å². The molecule has 0 saturated heterocycles. The maximum absolute atomic E-state index is 10.7. The Morgan fingerprint density at radius 3 is 3.08 bits per heavy atom. The van der Waals surface area contributed by atoms with Gasteiger partial charge in [0.1, 0.15) is 0 Å². The first-order chi connectivity index (χ1) is 6.18. The quantitative estimate of drug-likeness (QED) is 0.755. The highest BCUT2D eigenvalue weighted by Gasteiger charge is 2.09. The molecule has 5 heteroatoms. The summed E-state index contributed by atoms with van der Waals surface area (Å²) >= 11 is 5.73. The monoisotopic (exact) mass is 196 g/mol. The number of pyridine rings is 1. The Bertz CT molecular complexity index is 478. The van der Waals surface area contributed by atoms with Gasteiger partial charge in [-0.15, -0.1) is 0 Å². The van der Waals surface area contributed by atoms with Crippen molar-refractivity contribution in [2.45, 2.75) is 0 Å². The van der Waals surface area contributed by atoms with Gasteiger partial charge in [-0.1, -0.05) is 11.6 Å². The van der Waals surface area contributed by atoms with Crippen LogP contribution in [0.5, 0.6) is 0 Å². The van der Waals surface area contributed by atoms with Gasteiger partial charge in [-0.3, -0.25) is 0 Å². The van der Waals surface area contributed by atoms with Gasteiger partial charge >= 0.3 is 5.97 Å². The van der Waals surface area contributed by atoms with Crippen LogP contribution in [0.15, 0.2) is 24.8 Å². The molecule has 2 aromatic heterocycles. The summed E-state index contributed by atoms with van der Waals surface area (Å²) < 4.78 is 1.61. The summed E-state index contributed by atoms with van der Waals surface area (Å²) in [7, 11) is 0. The number of hydrogen-bond acceptors (Lipinski definition) is 2. The van der Waals surface area contributed by atoms with E-state index in [0.29, 0.717) is 0 Å². The van der Waals surface area contributed by atoms with E-state index in [-0.39, 0.29) is 10.6 Å². The lowest BCUT2D eigenvalue weighted by Gasteiger charge is -1.99. The largest absolute Gasteiger partial charge is 0.478 e. The number of nitrogens with zero attached hydrogens (tertiary/aromatic N) is 2. The Hall–Kier alpha value is -1.55. The van der Waals surface area contributed by atoms with Crippen molar-refractivity contribution in [1.29, 1.82) is 0 Å². The molecular formula is C8H5ClN2O2. The molecule has 0 spiro atoms. The van der Waals surface area contributed by atoms with Gasteiger partial charge in [0.25, 0.3) is 0 Å². The first-order valence-corrected chi connectivity index (χ1v) is 3.91. The van der Waals surface area contributed by atoms with Crippen LogP contribution in [0, 0.1) is 0 Å². The molecule has 0 saturated carbocycles. The Labute approximate surface area is 78.4 Å². The molecule has 2 heterocycles. The highest BCUT2D eigenvalue weighted by atomic mass is 35.5. The summed E-state index contributed by atoms with van der Waals surface area (Å²) in [6, 6.07) is 1.57. The van der Waals surface area contributed by atoms with Crippen molar-refractivity contribution in [3.63, 3.8) is 0 Å². The first kappa shape index (κ1) is 8.07. The van der Waals surface area contributed by atoms with Crippen LogP contribution < -0.4 is 0 Å². The minimum Gasteiger partial charge on any atom is -0.478 e. The number of hydrogen-bond donors (Lipinski definition) is 1. The number of carboxylic acids is 1. The lowest BCUT2D eigenvalue weighted by Crippen LogP contribution is -1.99. The Morgan fingerprint density at radius 2 is 2.38 bits per heavy atom. The van der Waals surface area contributed by atoms with Gasteiger partial charge in [0.05, 0.1) is 28.6 Å². The van der Waals surface area contributed by atoms with Crippen molar-refractivity contribution >= 4 is 23.1 Å². The molecule has 0 unspecified atom stereocenters. The third-order valence-corrected chi connectivity index (χ3v) is 2.04. The molecule has 1 N–H and O–H groups in total. The van der Waals surface area contributed by atoms with Crippen molar-refractivity contribution in [2.24, 2.45) is 0 Å². The molecule has 0 radical (unpaired) electrons. The van der Waals surface area contributed by atoms with E-state index in [9.17, 15) is 4.79 Å². The van der Waals surface area contributed by atoms with Crippen LogP contribution in [-0.4, -0.2) is 20.5 Å². The number of imidazole rings is 1. The molecule has 0 fully saturated rings. The molecule has 13 heavy (non-hydrogen) atoms. The van der Waals surface area contributed by atoms with E-state index in [1.54, 1.807) is 16.7 Å². The number of aromatic carboxylic acids is 1. The van der Waals surface area contributed by atoms with Gasteiger partial charge in [-0.05, 0) is 6.07 Å². The van der Waals surface area contributed by atoms with Gasteiger partial charge in [0, 0.05) is 6.20 Å². The van der Waals surface area contributed by atoms with Gasteiger partial charge in [0.2, 0.25) is 0 Å². The fourth-order valence-electron chi connectivity index (χ4n) is 1.10. The predicted molar refractivity (Wildman–Crippen MR) is 47.2 cm³/mol. The standard InChI is InChI=1S/C8H5ClN2O2/c9-7-1-5-2-10-4-11(5)3-6(7)8(12)13/h1-4H,(H,12,13). The average Bonchev–Trinajstić information content (AvgIpc) is 2.48. The highest BCUT2D eigenvalue weighted by molar-refractivity contribution is 6.33. The Kier molecular flexibility index (Phi) is 1.70. The van der Waals surface area contributed by atoms with E-state index >= 15 is 0 Å². The van der Waals surface area contributed by atoms with E-state index in [2.05, 4.69) is 4.98 Å². The molecule has 0 aromatic carbocycles. The van der Waals surface area contributed by atoms with Crippen LogP contribution in [0.4, 0.5) is 0 Å². The van der Waals surface area contributed by atoms with Crippen LogP contribution >= 0.6 is 11.6 Å². The predicted octanol–water partition coefficient (Wildman–Crippen LogP) is 1.69.